The Bertz CT molecular complexity index is 617. The second-order valence-corrected chi connectivity index (χ2v) is 4.90. The highest BCUT2D eigenvalue weighted by atomic mass is 32.2. The topological polar surface area (TPSA) is 137 Å². The van der Waals surface area contributed by atoms with Gasteiger partial charge in [-0.2, -0.15) is 0 Å². The Morgan fingerprint density at radius 2 is 1.19 bits per heavy atom. The van der Waals surface area contributed by atoms with Crippen molar-refractivity contribution in [3.05, 3.63) is 28.3 Å². The molecule has 1 aromatic rings. The summed E-state index contributed by atoms with van der Waals surface area (Å²) in [5.41, 5.74) is -2.05. The molecule has 0 aliphatic carbocycles. The molecule has 1 rings (SSSR count). The van der Waals surface area contributed by atoms with E-state index in [4.69, 9.17) is 0 Å². The number of carboxylic acid groups (broad SMARTS) is 2. The Labute approximate surface area is 132 Å². The summed E-state index contributed by atoms with van der Waals surface area (Å²) >= 11 is 0. The van der Waals surface area contributed by atoms with E-state index < -0.39 is 38.1 Å². The Balaban J connectivity index is -0.00000108. The standard InChI is InChI=1S/C10H10O7S.3H3P/c1-4-6(9(11)12)3-7(10(13)14)5(2)8(4)18(15,16)17;;;/h3H,1-2H3,(H,11,12)(H,13,14)(H,15,16,17);3*1H3. The zero-order chi connectivity index (χ0) is 14.2. The van der Waals surface area contributed by atoms with Gasteiger partial charge in [-0.15, -0.1) is 0 Å². The number of carbonyl (C=O) groups is 2. The van der Waals surface area contributed by atoms with Gasteiger partial charge in [0.2, 0.25) is 0 Å². The van der Waals surface area contributed by atoms with Gasteiger partial charge in [-0.05, 0) is 60.7 Å². The zero-order valence-electron chi connectivity index (χ0n) is 12.3. The van der Waals surface area contributed by atoms with E-state index >= 15 is 0 Å². The van der Waals surface area contributed by atoms with Crippen LogP contribution in [0.25, 0.3) is 0 Å². The van der Waals surface area contributed by atoms with Crippen molar-refractivity contribution >= 4 is 51.8 Å². The summed E-state index contributed by atoms with van der Waals surface area (Å²) in [7, 11) is -5.01. The molecule has 0 aliphatic heterocycles. The van der Waals surface area contributed by atoms with Crippen molar-refractivity contribution in [2.75, 3.05) is 0 Å². The lowest BCUT2D eigenvalue weighted by Gasteiger charge is -2.21. The maximum absolute atomic E-state index is 11.0. The molecule has 0 amide bonds. The van der Waals surface area contributed by atoms with Crippen LogP contribution in [-0.4, -0.2) is 24.9 Å². The van der Waals surface area contributed by atoms with Crippen LogP contribution in [0.5, 0.6) is 0 Å². The molecule has 0 heterocycles. The highest BCUT2D eigenvalue weighted by Crippen LogP contribution is 2.26. The third-order valence-electron chi connectivity index (χ3n) is 2.47. The number of benzene rings is 1. The highest BCUT2D eigenvalue weighted by molar-refractivity contribution is 7.85. The van der Waals surface area contributed by atoms with E-state index in [1.165, 1.54) is 0 Å². The minimum atomic E-state index is -5.01. The average molecular weight is 376 g/mol. The summed E-state index contributed by atoms with van der Waals surface area (Å²) in [6.45, 7) is 2.17. The second-order valence-electron chi connectivity index (χ2n) is 3.58. The van der Waals surface area contributed by atoms with Crippen LogP contribution in [0, 0.1) is 13.8 Å². The van der Waals surface area contributed by atoms with Gasteiger partial charge >= 0.3 is 0 Å². The van der Waals surface area contributed by atoms with Gasteiger partial charge in [0, 0.05) is 11.1 Å². The smallest absolute Gasteiger partial charge is 0.125 e. The van der Waals surface area contributed by atoms with Crippen molar-refractivity contribution in [1.82, 2.24) is 0 Å². The van der Waals surface area contributed by atoms with Gasteiger partial charge < -0.3 is 24.4 Å². The van der Waals surface area contributed by atoms with E-state index in [1.54, 1.807) is 0 Å². The fraction of sp³-hybridized carbons (Fsp3) is 0.200. The molecule has 0 saturated carbocycles. The van der Waals surface area contributed by atoms with Crippen molar-refractivity contribution < 1.29 is 32.8 Å². The van der Waals surface area contributed by atoms with E-state index in [2.05, 4.69) is 0 Å². The lowest BCUT2D eigenvalue weighted by molar-refractivity contribution is -0.255. The summed E-state index contributed by atoms with van der Waals surface area (Å²) in [6, 6.07) is 0.712. The number of carbonyl (C=O) groups excluding carboxylic acids is 2. The van der Waals surface area contributed by atoms with Crippen LogP contribution in [0.2, 0.25) is 0 Å². The van der Waals surface area contributed by atoms with Crippen LogP contribution in [0.1, 0.15) is 31.8 Å². The predicted octanol–water partition coefficient (Wildman–Crippen LogP) is -2.69. The van der Waals surface area contributed by atoms with Gasteiger partial charge in [0.1, 0.15) is 10.1 Å². The van der Waals surface area contributed by atoms with Crippen molar-refractivity contribution in [2.45, 2.75) is 18.7 Å². The maximum Gasteiger partial charge on any atom is 0.125 e. The van der Waals surface area contributed by atoms with Crippen LogP contribution >= 0.6 is 29.7 Å². The molecule has 0 N–H and O–H groups in total. The van der Waals surface area contributed by atoms with E-state index in [0.717, 1.165) is 13.8 Å². The summed E-state index contributed by atoms with van der Waals surface area (Å²) in [5, 5.41) is 21.5. The second kappa shape index (κ2) is 8.72. The van der Waals surface area contributed by atoms with E-state index in [0.29, 0.717) is 6.07 Å². The Kier molecular flexibility index (Phi) is 10.5. The molecule has 7 nitrogen and oxygen atoms in total. The van der Waals surface area contributed by atoms with Gasteiger partial charge in [-0.1, -0.05) is 0 Å². The van der Waals surface area contributed by atoms with E-state index in [9.17, 15) is 32.8 Å². The molecule has 0 fully saturated rings. The van der Waals surface area contributed by atoms with E-state index in [-0.39, 0.29) is 40.8 Å². The summed E-state index contributed by atoms with van der Waals surface area (Å²) in [4.78, 5) is 20.7. The molecular formula is C10H19O7P3S. The van der Waals surface area contributed by atoms with Gasteiger partial charge in [0.05, 0.1) is 16.8 Å². The molecule has 1 aromatic carbocycles. The first-order valence-corrected chi connectivity index (χ1v) is 6.01. The molecule has 11 heteroatoms. The number of rotatable bonds is 3. The monoisotopic (exact) mass is 376 g/mol. The molecule has 0 aromatic heterocycles. The average Bonchev–Trinajstić information content (AvgIpc) is 2.13. The van der Waals surface area contributed by atoms with Gasteiger partial charge in [-0.25, -0.2) is 8.42 Å². The van der Waals surface area contributed by atoms with Crippen LogP contribution in [0.3, 0.4) is 0 Å². The van der Waals surface area contributed by atoms with Crippen molar-refractivity contribution in [2.24, 2.45) is 0 Å². The summed E-state index contributed by atoms with van der Waals surface area (Å²) in [5.74, 6) is -3.56. The van der Waals surface area contributed by atoms with Crippen LogP contribution in [0.4, 0.5) is 0 Å². The predicted molar refractivity (Wildman–Crippen MR) is 90.0 cm³/mol. The number of hydrogen-bond acceptors (Lipinski definition) is 7. The molecule has 0 radical (unpaired) electrons. The highest BCUT2D eigenvalue weighted by Gasteiger charge is 2.18. The largest absolute Gasteiger partial charge is 0.744 e. The quantitative estimate of drug-likeness (QED) is 0.413. The molecule has 3 unspecified atom stereocenters. The Morgan fingerprint density at radius 3 is 1.38 bits per heavy atom. The van der Waals surface area contributed by atoms with Crippen LogP contribution in [-0.2, 0) is 10.1 Å². The lowest BCUT2D eigenvalue weighted by atomic mass is 10.00. The van der Waals surface area contributed by atoms with Crippen molar-refractivity contribution in [1.29, 1.82) is 0 Å². The summed E-state index contributed by atoms with van der Waals surface area (Å²) < 4.78 is 33.1. The van der Waals surface area contributed by atoms with E-state index in [1.807, 2.05) is 0 Å². The van der Waals surface area contributed by atoms with Crippen LogP contribution < -0.4 is 10.2 Å². The SMILES string of the molecule is Cc1c(C(=O)[O-])cc(C(=O)[O-])c(C)c1S(=O)(=O)[O-].[PH4+].[PH4+].[PH4+]. The first-order valence-electron chi connectivity index (χ1n) is 4.60. The summed E-state index contributed by atoms with van der Waals surface area (Å²) in [6.07, 6.45) is 0. The fourth-order valence-corrected chi connectivity index (χ4v) is 2.66. The third-order valence-corrected chi connectivity index (χ3v) is 3.58. The molecule has 0 spiro atoms. The van der Waals surface area contributed by atoms with Crippen molar-refractivity contribution in [3.8, 4) is 0 Å². The molecule has 0 aliphatic rings. The molecule has 0 saturated heterocycles. The zero-order valence-corrected chi connectivity index (χ0v) is 19.2. The Morgan fingerprint density at radius 1 is 0.905 bits per heavy atom. The Hall–Kier alpha value is -0.640. The third kappa shape index (κ3) is 5.24. The molecule has 122 valence electrons. The molecular weight excluding hydrogens is 357 g/mol. The minimum absolute atomic E-state index is 0. The lowest BCUT2D eigenvalue weighted by Crippen LogP contribution is -2.28. The number of hydrogen-bond donors (Lipinski definition) is 0. The number of carboxylic acids is 2. The normalized spacial score (nSPS) is 9.67. The van der Waals surface area contributed by atoms with Gasteiger partial charge in [0.25, 0.3) is 0 Å². The fourth-order valence-electron chi connectivity index (χ4n) is 1.69. The van der Waals surface area contributed by atoms with Crippen LogP contribution in [0.15, 0.2) is 11.0 Å². The van der Waals surface area contributed by atoms with Gasteiger partial charge in [-0.3, -0.25) is 0 Å². The first-order chi connectivity index (χ1) is 8.07. The molecule has 0 bridgehead atoms. The van der Waals surface area contributed by atoms with Gasteiger partial charge in [0.15, 0.2) is 0 Å². The maximum atomic E-state index is 11.0. The minimum Gasteiger partial charge on any atom is -0.744 e. The molecule has 21 heavy (non-hydrogen) atoms. The first kappa shape index (κ1) is 25.3. The number of aromatic carboxylic acids is 2. The molecule has 3 atom stereocenters. The van der Waals surface area contributed by atoms with Crippen molar-refractivity contribution in [3.63, 3.8) is 0 Å².